The van der Waals surface area contributed by atoms with Crippen LogP contribution in [0.1, 0.15) is 36.5 Å². The SMILES string of the molecule is O=C(CC1CCCO1)NCC(O)c1cccc(C(F)(F)F)c1. The molecule has 1 aliphatic heterocycles. The Labute approximate surface area is 126 Å². The summed E-state index contributed by atoms with van der Waals surface area (Å²) in [6.45, 7) is 0.512. The Morgan fingerprint density at radius 3 is 2.86 bits per heavy atom. The first-order valence-corrected chi connectivity index (χ1v) is 7.10. The van der Waals surface area contributed by atoms with Crippen LogP contribution in [0.25, 0.3) is 0 Å². The van der Waals surface area contributed by atoms with Gasteiger partial charge in [-0.1, -0.05) is 12.1 Å². The van der Waals surface area contributed by atoms with E-state index in [0.29, 0.717) is 6.61 Å². The van der Waals surface area contributed by atoms with Gasteiger partial charge in [0.15, 0.2) is 0 Å². The Balaban J connectivity index is 1.86. The highest BCUT2D eigenvalue weighted by Gasteiger charge is 2.30. The molecule has 122 valence electrons. The Hall–Kier alpha value is -1.60. The molecular formula is C15H18F3NO3. The van der Waals surface area contributed by atoms with Gasteiger partial charge in [0, 0.05) is 13.2 Å². The molecule has 1 aliphatic rings. The second-order valence-corrected chi connectivity index (χ2v) is 5.28. The lowest BCUT2D eigenvalue weighted by molar-refractivity contribution is -0.137. The molecule has 2 unspecified atom stereocenters. The van der Waals surface area contributed by atoms with Crippen LogP contribution in [0.15, 0.2) is 24.3 Å². The maximum atomic E-state index is 12.6. The fourth-order valence-corrected chi connectivity index (χ4v) is 2.33. The maximum Gasteiger partial charge on any atom is 0.416 e. The van der Waals surface area contributed by atoms with Gasteiger partial charge in [0.25, 0.3) is 0 Å². The molecule has 1 amide bonds. The molecule has 1 fully saturated rings. The molecule has 22 heavy (non-hydrogen) atoms. The predicted molar refractivity (Wildman–Crippen MR) is 73.0 cm³/mol. The third-order valence-corrected chi connectivity index (χ3v) is 3.53. The van der Waals surface area contributed by atoms with E-state index in [9.17, 15) is 23.1 Å². The van der Waals surface area contributed by atoms with Gasteiger partial charge in [-0.15, -0.1) is 0 Å². The Morgan fingerprint density at radius 1 is 1.45 bits per heavy atom. The van der Waals surface area contributed by atoms with Crippen molar-refractivity contribution in [3.05, 3.63) is 35.4 Å². The third-order valence-electron chi connectivity index (χ3n) is 3.53. The zero-order valence-electron chi connectivity index (χ0n) is 11.9. The first kappa shape index (κ1) is 16.8. The van der Waals surface area contributed by atoms with Crippen LogP contribution < -0.4 is 5.32 Å². The summed E-state index contributed by atoms with van der Waals surface area (Å²) in [5.41, 5.74) is -0.707. The molecule has 7 heteroatoms. The number of aliphatic hydroxyl groups is 1. The molecule has 0 radical (unpaired) electrons. The maximum absolute atomic E-state index is 12.6. The lowest BCUT2D eigenvalue weighted by Gasteiger charge is -2.15. The topological polar surface area (TPSA) is 58.6 Å². The number of hydrogen-bond acceptors (Lipinski definition) is 3. The number of amides is 1. The molecule has 1 heterocycles. The first-order valence-electron chi connectivity index (χ1n) is 7.10. The number of hydrogen-bond donors (Lipinski definition) is 2. The average Bonchev–Trinajstić information content (AvgIpc) is 2.97. The molecule has 1 aromatic carbocycles. The molecular weight excluding hydrogens is 299 g/mol. The van der Waals surface area contributed by atoms with E-state index in [1.807, 2.05) is 0 Å². The summed E-state index contributed by atoms with van der Waals surface area (Å²) in [6.07, 6.45) is -3.80. The van der Waals surface area contributed by atoms with E-state index in [2.05, 4.69) is 5.32 Å². The number of halogens is 3. The van der Waals surface area contributed by atoms with Crippen molar-refractivity contribution in [2.45, 2.75) is 37.6 Å². The van der Waals surface area contributed by atoms with Gasteiger partial charge in [0.2, 0.25) is 5.91 Å². The van der Waals surface area contributed by atoms with Gasteiger partial charge in [-0.2, -0.15) is 13.2 Å². The zero-order chi connectivity index (χ0) is 16.2. The standard InChI is InChI=1S/C15H18F3NO3/c16-15(17,18)11-4-1-3-10(7-11)13(20)9-19-14(21)8-12-5-2-6-22-12/h1,3-4,7,12-13,20H,2,5-6,8-9H2,(H,19,21). The van der Waals surface area contributed by atoms with Gasteiger partial charge in [-0.3, -0.25) is 4.79 Å². The van der Waals surface area contributed by atoms with E-state index >= 15 is 0 Å². The van der Waals surface area contributed by atoms with E-state index in [1.54, 1.807) is 0 Å². The molecule has 0 spiro atoms. The van der Waals surface area contributed by atoms with Gasteiger partial charge in [-0.25, -0.2) is 0 Å². The smallest absolute Gasteiger partial charge is 0.387 e. The summed E-state index contributed by atoms with van der Waals surface area (Å²) in [7, 11) is 0. The third kappa shape index (κ3) is 4.71. The molecule has 1 saturated heterocycles. The van der Waals surface area contributed by atoms with Crippen LogP contribution in [-0.4, -0.2) is 30.3 Å². The van der Waals surface area contributed by atoms with Crippen LogP contribution in [0, 0.1) is 0 Å². The van der Waals surface area contributed by atoms with E-state index in [0.717, 1.165) is 25.0 Å². The van der Waals surface area contributed by atoms with Crippen LogP contribution in [-0.2, 0) is 15.7 Å². The highest BCUT2D eigenvalue weighted by molar-refractivity contribution is 5.76. The number of alkyl halides is 3. The number of aliphatic hydroxyl groups excluding tert-OH is 1. The molecule has 2 N–H and O–H groups in total. The van der Waals surface area contributed by atoms with Crippen molar-refractivity contribution in [2.75, 3.05) is 13.2 Å². The van der Waals surface area contributed by atoms with Gasteiger partial charge < -0.3 is 15.2 Å². The van der Waals surface area contributed by atoms with Crippen LogP contribution in [0.5, 0.6) is 0 Å². The number of carbonyl (C=O) groups excluding carboxylic acids is 1. The summed E-state index contributed by atoms with van der Waals surface area (Å²) in [4.78, 5) is 11.7. The second-order valence-electron chi connectivity index (χ2n) is 5.28. The fourth-order valence-electron chi connectivity index (χ4n) is 2.33. The fraction of sp³-hybridized carbons (Fsp3) is 0.533. The molecule has 0 aromatic heterocycles. The van der Waals surface area contributed by atoms with Gasteiger partial charge >= 0.3 is 6.18 Å². The molecule has 0 saturated carbocycles. The molecule has 2 rings (SSSR count). The average molecular weight is 317 g/mol. The highest BCUT2D eigenvalue weighted by atomic mass is 19.4. The highest BCUT2D eigenvalue weighted by Crippen LogP contribution is 2.30. The zero-order valence-corrected chi connectivity index (χ0v) is 11.9. The van der Waals surface area contributed by atoms with Gasteiger partial charge in [0.1, 0.15) is 0 Å². The summed E-state index contributed by atoms with van der Waals surface area (Å²) >= 11 is 0. The van der Waals surface area contributed by atoms with Crippen molar-refractivity contribution in [3.8, 4) is 0 Å². The van der Waals surface area contributed by atoms with Crippen molar-refractivity contribution in [3.63, 3.8) is 0 Å². The minimum atomic E-state index is -4.46. The van der Waals surface area contributed by atoms with Crippen molar-refractivity contribution in [2.24, 2.45) is 0 Å². The number of ether oxygens (including phenoxy) is 1. The second kappa shape index (κ2) is 7.11. The number of benzene rings is 1. The molecule has 4 nitrogen and oxygen atoms in total. The lowest BCUT2D eigenvalue weighted by Crippen LogP contribution is -2.31. The predicted octanol–water partition coefficient (Wildman–Crippen LogP) is 2.42. The van der Waals surface area contributed by atoms with Crippen LogP contribution in [0.3, 0.4) is 0 Å². The van der Waals surface area contributed by atoms with Crippen molar-refractivity contribution < 1.29 is 27.8 Å². The largest absolute Gasteiger partial charge is 0.416 e. The van der Waals surface area contributed by atoms with Crippen LogP contribution >= 0.6 is 0 Å². The van der Waals surface area contributed by atoms with Gasteiger partial charge in [0.05, 0.1) is 24.2 Å². The molecule has 1 aromatic rings. The van der Waals surface area contributed by atoms with Crippen molar-refractivity contribution >= 4 is 5.91 Å². The Morgan fingerprint density at radius 2 is 2.23 bits per heavy atom. The van der Waals surface area contributed by atoms with Gasteiger partial charge in [-0.05, 0) is 30.5 Å². The van der Waals surface area contributed by atoms with E-state index in [4.69, 9.17) is 4.74 Å². The molecule has 0 aliphatic carbocycles. The quantitative estimate of drug-likeness (QED) is 0.877. The number of nitrogens with one attached hydrogen (secondary N) is 1. The number of carbonyl (C=O) groups is 1. The minimum Gasteiger partial charge on any atom is -0.387 e. The number of rotatable bonds is 5. The van der Waals surface area contributed by atoms with Crippen LogP contribution in [0.2, 0.25) is 0 Å². The molecule has 0 bridgehead atoms. The van der Waals surface area contributed by atoms with Crippen LogP contribution in [0.4, 0.5) is 13.2 Å². The van der Waals surface area contributed by atoms with E-state index < -0.39 is 17.8 Å². The normalized spacial score (nSPS) is 19.9. The first-order chi connectivity index (χ1) is 10.4. The summed E-state index contributed by atoms with van der Waals surface area (Å²) < 4.78 is 43.1. The summed E-state index contributed by atoms with van der Waals surface area (Å²) in [5, 5.41) is 12.4. The monoisotopic (exact) mass is 317 g/mol. The van der Waals surface area contributed by atoms with E-state index in [1.165, 1.54) is 12.1 Å². The Kier molecular flexibility index (Phi) is 5.42. The molecule has 2 atom stereocenters. The summed E-state index contributed by atoms with van der Waals surface area (Å²) in [6, 6.07) is 4.45. The van der Waals surface area contributed by atoms with Crippen molar-refractivity contribution in [1.29, 1.82) is 0 Å². The minimum absolute atomic E-state index is 0.106. The Bertz CT molecular complexity index is 513. The summed E-state index contributed by atoms with van der Waals surface area (Å²) in [5.74, 6) is -0.280. The van der Waals surface area contributed by atoms with Crippen molar-refractivity contribution in [1.82, 2.24) is 5.32 Å². The lowest BCUT2D eigenvalue weighted by atomic mass is 10.1. The van der Waals surface area contributed by atoms with E-state index in [-0.39, 0.29) is 30.5 Å².